The van der Waals surface area contributed by atoms with E-state index in [1.54, 1.807) is 60.9 Å². The topological polar surface area (TPSA) is 56.4 Å². The second kappa shape index (κ2) is 6.66. The van der Waals surface area contributed by atoms with Crippen molar-refractivity contribution in [1.82, 2.24) is 0 Å². The maximum absolute atomic E-state index is 12.3. The Kier molecular flexibility index (Phi) is 4.25. The van der Waals surface area contributed by atoms with Crippen LogP contribution >= 0.6 is 0 Å². The van der Waals surface area contributed by atoms with Gasteiger partial charge in [0, 0.05) is 23.3 Å². The molecule has 2 aromatic carbocycles. The van der Waals surface area contributed by atoms with Crippen LogP contribution in [0.4, 0.5) is 0 Å². The summed E-state index contributed by atoms with van der Waals surface area (Å²) >= 11 is 0. The van der Waals surface area contributed by atoms with Crippen molar-refractivity contribution in [2.24, 2.45) is 5.10 Å². The average molecular weight is 302 g/mol. The maximum Gasteiger partial charge on any atom is 0.203 e. The first kappa shape index (κ1) is 14.7. The lowest BCUT2D eigenvalue weighted by Crippen LogP contribution is -2.33. The number of hydrogen-bond donors (Lipinski definition) is 0. The summed E-state index contributed by atoms with van der Waals surface area (Å²) in [6.45, 7) is 0. The van der Waals surface area contributed by atoms with Gasteiger partial charge < -0.3 is 5.11 Å². The number of nitrogens with zero attached hydrogens (tertiary/aromatic N) is 2. The summed E-state index contributed by atoms with van der Waals surface area (Å²) < 4.78 is 1.40. The van der Waals surface area contributed by atoms with Gasteiger partial charge in [-0.3, -0.25) is 4.79 Å². The highest BCUT2D eigenvalue weighted by atomic mass is 16.3. The van der Waals surface area contributed by atoms with E-state index < -0.39 is 0 Å². The number of benzene rings is 2. The van der Waals surface area contributed by atoms with Gasteiger partial charge in [-0.1, -0.05) is 65.3 Å². The Morgan fingerprint density at radius 2 is 1.22 bits per heavy atom. The third-order valence-corrected chi connectivity index (χ3v) is 3.34. The largest absolute Gasteiger partial charge is 0.854 e. The Bertz CT molecular complexity index is 826. The van der Waals surface area contributed by atoms with Gasteiger partial charge in [0.15, 0.2) is 5.78 Å². The molecule has 3 aromatic rings. The van der Waals surface area contributed by atoms with Crippen molar-refractivity contribution in [2.75, 3.05) is 0 Å². The van der Waals surface area contributed by atoms with Gasteiger partial charge in [0.05, 0.1) is 5.90 Å². The standard InChI is InChI=1S/C19H14N2O2/c22-18(15-7-3-1-4-8-15)16-11-13-21(14-12-16)20-19(23)17-9-5-2-6-10-17/h1-14H. The maximum atomic E-state index is 12.3. The van der Waals surface area contributed by atoms with Gasteiger partial charge in [0.2, 0.25) is 12.4 Å². The molecule has 0 saturated carbocycles. The zero-order valence-corrected chi connectivity index (χ0v) is 12.3. The van der Waals surface area contributed by atoms with Gasteiger partial charge in [-0.2, -0.15) is 0 Å². The first-order valence-corrected chi connectivity index (χ1v) is 7.16. The van der Waals surface area contributed by atoms with Crippen molar-refractivity contribution >= 4 is 11.7 Å². The zero-order chi connectivity index (χ0) is 16.1. The number of aromatic nitrogens is 1. The van der Waals surface area contributed by atoms with Crippen LogP contribution in [0.5, 0.6) is 0 Å². The van der Waals surface area contributed by atoms with Gasteiger partial charge in [0.1, 0.15) is 0 Å². The van der Waals surface area contributed by atoms with Gasteiger partial charge in [-0.05, 0) is 10.7 Å². The molecule has 1 heterocycles. The molecule has 0 aliphatic heterocycles. The Morgan fingerprint density at radius 1 is 0.739 bits per heavy atom. The summed E-state index contributed by atoms with van der Waals surface area (Å²) in [5.41, 5.74) is 1.70. The quantitative estimate of drug-likeness (QED) is 0.319. The second-order valence-electron chi connectivity index (χ2n) is 4.93. The first-order valence-electron chi connectivity index (χ1n) is 7.16. The molecule has 0 N–H and O–H groups in total. The number of rotatable bonds is 4. The molecule has 0 atom stereocenters. The summed E-state index contributed by atoms with van der Waals surface area (Å²) in [6.07, 6.45) is 3.19. The summed E-state index contributed by atoms with van der Waals surface area (Å²) in [4.78, 5) is 12.3. The lowest BCUT2D eigenvalue weighted by atomic mass is 10.1. The second-order valence-corrected chi connectivity index (χ2v) is 4.93. The number of carbonyl (C=O) groups excluding carboxylic acids is 1. The molecule has 0 radical (unpaired) electrons. The normalized spacial score (nSPS) is 11.2. The molecule has 112 valence electrons. The summed E-state index contributed by atoms with van der Waals surface area (Å²) in [7, 11) is 0. The molecule has 0 aliphatic carbocycles. The van der Waals surface area contributed by atoms with E-state index in [1.165, 1.54) is 4.68 Å². The van der Waals surface area contributed by atoms with Gasteiger partial charge in [-0.25, -0.2) is 0 Å². The van der Waals surface area contributed by atoms with E-state index in [-0.39, 0.29) is 11.7 Å². The predicted molar refractivity (Wildman–Crippen MR) is 84.9 cm³/mol. The van der Waals surface area contributed by atoms with E-state index in [2.05, 4.69) is 5.10 Å². The first-order chi connectivity index (χ1) is 11.2. The average Bonchev–Trinajstić information content (AvgIpc) is 2.63. The lowest BCUT2D eigenvalue weighted by Gasteiger charge is -2.06. The highest BCUT2D eigenvalue weighted by Gasteiger charge is 2.10. The lowest BCUT2D eigenvalue weighted by molar-refractivity contribution is -0.681. The highest BCUT2D eigenvalue weighted by Crippen LogP contribution is 2.07. The molecular weight excluding hydrogens is 288 g/mol. The van der Waals surface area contributed by atoms with Gasteiger partial charge in [-0.15, -0.1) is 0 Å². The van der Waals surface area contributed by atoms with Crippen molar-refractivity contribution in [3.63, 3.8) is 0 Å². The van der Waals surface area contributed by atoms with Crippen LogP contribution in [0.25, 0.3) is 0 Å². The SMILES string of the molecule is O=C(c1ccccc1)c1cc[n+](/N=C(\[O-])c2ccccc2)cc1. The van der Waals surface area contributed by atoms with Crippen molar-refractivity contribution < 1.29 is 14.6 Å². The van der Waals surface area contributed by atoms with Gasteiger partial charge in [0.25, 0.3) is 0 Å². The zero-order valence-electron chi connectivity index (χ0n) is 12.3. The minimum Gasteiger partial charge on any atom is -0.854 e. The number of hydrogen-bond acceptors (Lipinski definition) is 3. The molecule has 4 nitrogen and oxygen atoms in total. The van der Waals surface area contributed by atoms with Crippen LogP contribution in [0.15, 0.2) is 90.3 Å². The van der Waals surface area contributed by atoms with E-state index in [1.807, 2.05) is 24.3 Å². The number of ketones is 1. The Hall–Kier alpha value is -3.27. The smallest absolute Gasteiger partial charge is 0.203 e. The Labute approximate surface area is 134 Å². The third kappa shape index (κ3) is 3.49. The van der Waals surface area contributed by atoms with E-state index in [4.69, 9.17) is 0 Å². The molecule has 23 heavy (non-hydrogen) atoms. The van der Waals surface area contributed by atoms with Crippen LogP contribution in [-0.2, 0) is 0 Å². The van der Waals surface area contributed by atoms with Crippen molar-refractivity contribution in [3.05, 3.63) is 102 Å². The molecule has 4 heteroatoms. The van der Waals surface area contributed by atoms with E-state index >= 15 is 0 Å². The van der Waals surface area contributed by atoms with Crippen LogP contribution < -0.4 is 9.78 Å². The summed E-state index contributed by atoms with van der Waals surface area (Å²) in [6, 6.07) is 21.2. The molecule has 1 aromatic heterocycles. The van der Waals surface area contributed by atoms with Crippen LogP contribution in [0.1, 0.15) is 21.5 Å². The van der Waals surface area contributed by atoms with E-state index in [0.29, 0.717) is 16.7 Å². The summed E-state index contributed by atoms with van der Waals surface area (Å²) in [5.74, 6) is -0.398. The fraction of sp³-hybridized carbons (Fsp3) is 0. The Morgan fingerprint density at radius 3 is 1.78 bits per heavy atom. The third-order valence-electron chi connectivity index (χ3n) is 3.34. The van der Waals surface area contributed by atoms with Gasteiger partial charge >= 0.3 is 0 Å². The van der Waals surface area contributed by atoms with Crippen LogP contribution in [0, 0.1) is 0 Å². The Balaban J connectivity index is 1.81. The molecule has 0 spiro atoms. The molecule has 0 saturated heterocycles. The fourth-order valence-corrected chi connectivity index (χ4v) is 2.14. The summed E-state index contributed by atoms with van der Waals surface area (Å²) in [5, 5.41) is 16.0. The molecule has 0 bridgehead atoms. The molecule has 3 rings (SSSR count). The monoisotopic (exact) mass is 302 g/mol. The van der Waals surface area contributed by atoms with Crippen LogP contribution in [0.3, 0.4) is 0 Å². The van der Waals surface area contributed by atoms with Crippen molar-refractivity contribution in [3.8, 4) is 0 Å². The van der Waals surface area contributed by atoms with Crippen LogP contribution in [0.2, 0.25) is 0 Å². The van der Waals surface area contributed by atoms with Crippen molar-refractivity contribution in [1.29, 1.82) is 0 Å². The minimum absolute atomic E-state index is 0.0628. The molecule has 0 amide bonds. The van der Waals surface area contributed by atoms with E-state index in [0.717, 1.165) is 0 Å². The molecule has 0 unspecified atom stereocenters. The minimum atomic E-state index is -0.335. The van der Waals surface area contributed by atoms with Crippen LogP contribution in [-0.4, -0.2) is 11.7 Å². The molecule has 0 aliphatic rings. The predicted octanol–water partition coefficient (Wildman–Crippen LogP) is 1.78. The number of carbonyl (C=O) groups is 1. The van der Waals surface area contributed by atoms with Crippen molar-refractivity contribution in [2.45, 2.75) is 0 Å². The van der Waals surface area contributed by atoms with E-state index in [9.17, 15) is 9.90 Å². The highest BCUT2D eigenvalue weighted by molar-refractivity contribution is 6.08. The fourth-order valence-electron chi connectivity index (χ4n) is 2.14. The molecule has 0 fully saturated rings. The number of pyridine rings is 1. The molecular formula is C19H14N2O2.